The third-order valence-electron chi connectivity index (χ3n) is 5.41. The van der Waals surface area contributed by atoms with Crippen molar-refractivity contribution in [1.29, 1.82) is 0 Å². The molecule has 3 aromatic carbocycles. The average molecular weight is 441 g/mol. The van der Waals surface area contributed by atoms with Crippen molar-refractivity contribution < 1.29 is 13.2 Å². The Morgan fingerprint density at radius 2 is 1.44 bits per heavy atom. The topological polar surface area (TPSA) is 61.2 Å². The predicted octanol–water partition coefficient (Wildman–Crippen LogP) is 5.62. The molecule has 2 aromatic heterocycles. The number of hydrogen-bond donors (Lipinski definition) is 0. The second-order valence-electron chi connectivity index (χ2n) is 7.32. The van der Waals surface area contributed by atoms with Crippen LogP contribution in [0.25, 0.3) is 33.3 Å². The number of rotatable bonds is 5. The van der Waals surface area contributed by atoms with Gasteiger partial charge in [-0.25, -0.2) is 17.4 Å². The summed E-state index contributed by atoms with van der Waals surface area (Å²) in [6.45, 7) is 0. The van der Waals surface area contributed by atoms with Crippen molar-refractivity contribution in [3.63, 3.8) is 0 Å². The van der Waals surface area contributed by atoms with E-state index in [0.717, 1.165) is 33.4 Å². The van der Waals surface area contributed by atoms with E-state index in [9.17, 15) is 8.42 Å². The number of methoxy groups -OCH3 is 1. The van der Waals surface area contributed by atoms with Gasteiger partial charge in [0, 0.05) is 34.5 Å². The largest absolute Gasteiger partial charge is 0.496 e. The quantitative estimate of drug-likeness (QED) is 0.356. The van der Waals surface area contributed by atoms with Gasteiger partial charge in [0.25, 0.3) is 10.0 Å². The van der Waals surface area contributed by atoms with Crippen LogP contribution in [0, 0.1) is 0 Å². The first-order valence-electron chi connectivity index (χ1n) is 10.1. The first-order valence-corrected chi connectivity index (χ1v) is 11.5. The van der Waals surface area contributed by atoms with Gasteiger partial charge in [-0.2, -0.15) is 0 Å². The van der Waals surface area contributed by atoms with E-state index < -0.39 is 10.0 Å². The lowest BCUT2D eigenvalue weighted by molar-refractivity contribution is 0.416. The molecule has 32 heavy (non-hydrogen) atoms. The van der Waals surface area contributed by atoms with Gasteiger partial charge < -0.3 is 4.74 Å². The summed E-state index contributed by atoms with van der Waals surface area (Å²) in [5.74, 6) is 0.728. The van der Waals surface area contributed by atoms with Crippen LogP contribution in [-0.2, 0) is 10.0 Å². The van der Waals surface area contributed by atoms with Gasteiger partial charge in [0.15, 0.2) is 5.65 Å². The number of nitrogens with zero attached hydrogens (tertiary/aromatic N) is 2. The molecule has 5 rings (SSSR count). The van der Waals surface area contributed by atoms with E-state index >= 15 is 0 Å². The molecule has 158 valence electrons. The minimum atomic E-state index is -3.81. The SMILES string of the molecule is COc1ccccc1-c1cnc2c(c1)c(-c1ccccc1)cn2S(=O)(=O)c1ccccc1. The summed E-state index contributed by atoms with van der Waals surface area (Å²) in [7, 11) is -2.19. The minimum Gasteiger partial charge on any atom is -0.496 e. The van der Waals surface area contributed by atoms with Gasteiger partial charge in [0.05, 0.1) is 12.0 Å². The Balaban J connectivity index is 1.79. The van der Waals surface area contributed by atoms with Crippen LogP contribution in [0.15, 0.2) is 108 Å². The lowest BCUT2D eigenvalue weighted by atomic mass is 10.0. The van der Waals surface area contributed by atoms with Crippen LogP contribution in [0.3, 0.4) is 0 Å². The van der Waals surface area contributed by atoms with E-state index in [1.807, 2.05) is 60.7 Å². The van der Waals surface area contributed by atoms with E-state index in [1.54, 1.807) is 49.8 Å². The molecule has 0 spiro atoms. The van der Waals surface area contributed by atoms with Crippen molar-refractivity contribution >= 4 is 21.1 Å². The number of pyridine rings is 1. The Labute approximate surface area is 186 Å². The van der Waals surface area contributed by atoms with Gasteiger partial charge >= 0.3 is 0 Å². The van der Waals surface area contributed by atoms with Gasteiger partial charge in [-0.3, -0.25) is 0 Å². The Morgan fingerprint density at radius 1 is 0.781 bits per heavy atom. The number of fused-ring (bicyclic) bond motifs is 1. The molecule has 0 saturated carbocycles. The summed E-state index contributed by atoms with van der Waals surface area (Å²) in [4.78, 5) is 4.81. The predicted molar refractivity (Wildman–Crippen MR) is 126 cm³/mol. The first-order chi connectivity index (χ1) is 15.6. The van der Waals surface area contributed by atoms with E-state index in [1.165, 1.54) is 3.97 Å². The van der Waals surface area contributed by atoms with Gasteiger partial charge in [0.1, 0.15) is 5.75 Å². The zero-order valence-corrected chi connectivity index (χ0v) is 18.2. The van der Waals surface area contributed by atoms with Crippen molar-refractivity contribution in [2.45, 2.75) is 4.90 Å². The van der Waals surface area contributed by atoms with Gasteiger partial charge in [-0.1, -0.05) is 66.7 Å². The zero-order chi connectivity index (χ0) is 22.1. The number of hydrogen-bond acceptors (Lipinski definition) is 4. The molecule has 0 aliphatic heterocycles. The van der Waals surface area contributed by atoms with E-state index in [2.05, 4.69) is 4.98 Å². The van der Waals surface area contributed by atoms with Crippen LogP contribution >= 0.6 is 0 Å². The highest BCUT2D eigenvalue weighted by atomic mass is 32.2. The van der Waals surface area contributed by atoms with Crippen molar-refractivity contribution in [3.05, 3.63) is 103 Å². The van der Waals surface area contributed by atoms with Gasteiger partial charge in [-0.05, 0) is 29.8 Å². The summed E-state index contributed by atoms with van der Waals surface area (Å²) in [5, 5.41) is 0.749. The Hall–Kier alpha value is -3.90. The van der Waals surface area contributed by atoms with E-state index in [-0.39, 0.29) is 4.90 Å². The number of para-hydroxylation sites is 1. The first kappa shape index (κ1) is 20.0. The molecule has 0 aliphatic rings. The fraction of sp³-hybridized carbons (Fsp3) is 0.0385. The smallest absolute Gasteiger partial charge is 0.269 e. The number of aromatic nitrogens is 2. The third kappa shape index (κ3) is 3.35. The molecule has 5 nitrogen and oxygen atoms in total. The normalized spacial score (nSPS) is 11.5. The van der Waals surface area contributed by atoms with Crippen LogP contribution in [-0.4, -0.2) is 24.5 Å². The second-order valence-corrected chi connectivity index (χ2v) is 9.13. The third-order valence-corrected chi connectivity index (χ3v) is 7.08. The monoisotopic (exact) mass is 440 g/mol. The lowest BCUT2D eigenvalue weighted by Crippen LogP contribution is -2.12. The molecule has 5 aromatic rings. The highest BCUT2D eigenvalue weighted by Gasteiger charge is 2.23. The molecule has 0 fully saturated rings. The maximum atomic E-state index is 13.5. The van der Waals surface area contributed by atoms with Crippen LogP contribution in [0.1, 0.15) is 0 Å². The molecule has 0 amide bonds. The Morgan fingerprint density at radius 3 is 2.16 bits per heavy atom. The molecule has 0 unspecified atom stereocenters. The molecule has 0 atom stereocenters. The summed E-state index contributed by atoms with van der Waals surface area (Å²) in [5.41, 5.74) is 3.83. The average Bonchev–Trinajstić information content (AvgIpc) is 3.25. The summed E-state index contributed by atoms with van der Waals surface area (Å²) in [6, 6.07) is 27.8. The molecular formula is C26H20N2O3S. The van der Waals surface area contributed by atoms with Crippen LogP contribution < -0.4 is 4.74 Å². The summed E-state index contributed by atoms with van der Waals surface area (Å²) >= 11 is 0. The number of ether oxygens (including phenoxy) is 1. The fourth-order valence-electron chi connectivity index (χ4n) is 3.85. The minimum absolute atomic E-state index is 0.215. The van der Waals surface area contributed by atoms with Crippen molar-refractivity contribution in [2.75, 3.05) is 7.11 Å². The molecule has 6 heteroatoms. The lowest BCUT2D eigenvalue weighted by Gasteiger charge is -2.09. The highest BCUT2D eigenvalue weighted by molar-refractivity contribution is 7.90. The zero-order valence-electron chi connectivity index (χ0n) is 17.3. The molecule has 0 saturated heterocycles. The molecule has 0 radical (unpaired) electrons. The van der Waals surface area contributed by atoms with Crippen LogP contribution in [0.5, 0.6) is 5.75 Å². The molecular weight excluding hydrogens is 420 g/mol. The summed E-state index contributed by atoms with van der Waals surface area (Å²) < 4.78 is 33.7. The highest BCUT2D eigenvalue weighted by Crippen LogP contribution is 2.36. The number of benzene rings is 3. The van der Waals surface area contributed by atoms with Crippen molar-refractivity contribution in [2.24, 2.45) is 0 Å². The van der Waals surface area contributed by atoms with E-state index in [4.69, 9.17) is 4.74 Å². The summed E-state index contributed by atoms with van der Waals surface area (Å²) in [6.07, 6.45) is 3.34. The maximum absolute atomic E-state index is 13.5. The molecule has 0 N–H and O–H groups in total. The molecule has 2 heterocycles. The molecule has 0 bridgehead atoms. The van der Waals surface area contributed by atoms with Crippen LogP contribution in [0.2, 0.25) is 0 Å². The fourth-order valence-corrected chi connectivity index (χ4v) is 5.19. The van der Waals surface area contributed by atoms with Crippen LogP contribution in [0.4, 0.5) is 0 Å². The van der Waals surface area contributed by atoms with Gasteiger partial charge in [-0.15, -0.1) is 0 Å². The van der Waals surface area contributed by atoms with Gasteiger partial charge in [0.2, 0.25) is 0 Å². The standard InChI is InChI=1S/C26H20N2O3S/c1-31-25-15-9-8-14-22(25)20-16-23-24(19-10-4-2-5-11-19)18-28(26(23)27-17-20)32(29,30)21-12-6-3-7-13-21/h2-18H,1H3. The Bertz CT molecular complexity index is 1510. The maximum Gasteiger partial charge on any atom is 0.269 e. The van der Waals surface area contributed by atoms with Crippen molar-refractivity contribution in [1.82, 2.24) is 8.96 Å². The van der Waals surface area contributed by atoms with Crippen molar-refractivity contribution in [3.8, 4) is 28.0 Å². The Kier molecular flexibility index (Phi) is 4.99. The van der Waals surface area contributed by atoms with E-state index in [0.29, 0.717) is 5.65 Å². The second kappa shape index (κ2) is 7.98. The molecule has 0 aliphatic carbocycles.